The Morgan fingerprint density at radius 2 is 1.81 bits per heavy atom. The van der Waals surface area contributed by atoms with E-state index in [9.17, 15) is 18.4 Å². The van der Waals surface area contributed by atoms with Crippen molar-refractivity contribution in [2.45, 2.75) is 25.9 Å². The Morgan fingerprint density at radius 3 is 2.46 bits per heavy atom. The molecule has 1 N–H and O–H groups in total. The van der Waals surface area contributed by atoms with E-state index in [1.807, 2.05) is 12.1 Å². The summed E-state index contributed by atoms with van der Waals surface area (Å²) in [5.74, 6) is -2.06. The second kappa shape index (κ2) is 8.94. The predicted octanol–water partition coefficient (Wildman–Crippen LogP) is 3.48. The van der Waals surface area contributed by atoms with Crippen LogP contribution >= 0.6 is 0 Å². The summed E-state index contributed by atoms with van der Waals surface area (Å²) in [4.78, 5) is 23.8. The highest BCUT2D eigenvalue weighted by Crippen LogP contribution is 2.16. The maximum Gasteiger partial charge on any atom is 0.306 e. The molecule has 0 aliphatic heterocycles. The van der Waals surface area contributed by atoms with Gasteiger partial charge in [0.25, 0.3) is 5.91 Å². The Hall–Kier alpha value is -2.96. The molecule has 0 aliphatic rings. The summed E-state index contributed by atoms with van der Waals surface area (Å²) in [5, 5.41) is 2.20. The van der Waals surface area contributed by atoms with Crippen LogP contribution in [-0.2, 0) is 20.7 Å². The first-order valence-electron chi connectivity index (χ1n) is 7.97. The lowest BCUT2D eigenvalue weighted by atomic mass is 10.1. The van der Waals surface area contributed by atoms with Gasteiger partial charge in [-0.05, 0) is 43.2 Å². The molecular weight excluding hydrogens is 344 g/mol. The van der Waals surface area contributed by atoms with E-state index in [0.717, 1.165) is 23.8 Å². The molecule has 0 fully saturated rings. The Labute approximate surface area is 149 Å². The van der Waals surface area contributed by atoms with Crippen molar-refractivity contribution in [3.05, 3.63) is 59.7 Å². The molecule has 1 amide bonds. The molecule has 0 saturated carbocycles. The number of esters is 1. The van der Waals surface area contributed by atoms with Crippen molar-refractivity contribution in [3.8, 4) is 5.75 Å². The van der Waals surface area contributed by atoms with Crippen LogP contribution < -0.4 is 10.1 Å². The number of ether oxygens (including phenoxy) is 2. The van der Waals surface area contributed by atoms with Gasteiger partial charge in [0, 0.05) is 12.5 Å². The monoisotopic (exact) mass is 363 g/mol. The van der Waals surface area contributed by atoms with Gasteiger partial charge in [0.05, 0.1) is 12.8 Å². The summed E-state index contributed by atoms with van der Waals surface area (Å²) in [5.41, 5.74) is 0.609. The van der Waals surface area contributed by atoms with Gasteiger partial charge in [0.2, 0.25) is 0 Å². The Kier molecular flexibility index (Phi) is 6.66. The first-order valence-corrected chi connectivity index (χ1v) is 7.97. The number of carbonyl (C=O) groups is 2. The number of aryl methyl sites for hydroxylation is 1. The van der Waals surface area contributed by atoms with Crippen molar-refractivity contribution >= 4 is 17.6 Å². The summed E-state index contributed by atoms with van der Waals surface area (Å²) in [6.45, 7) is 1.36. The number of amides is 1. The Balaban J connectivity index is 1.83. The largest absolute Gasteiger partial charge is 0.497 e. The lowest BCUT2D eigenvalue weighted by Gasteiger charge is -2.14. The van der Waals surface area contributed by atoms with Crippen molar-refractivity contribution in [1.82, 2.24) is 0 Å². The van der Waals surface area contributed by atoms with Crippen molar-refractivity contribution in [1.29, 1.82) is 0 Å². The molecule has 2 aromatic rings. The number of nitrogens with one attached hydrogen (secondary N) is 1. The fraction of sp³-hybridized carbons (Fsp3) is 0.263. The summed E-state index contributed by atoms with van der Waals surface area (Å²) >= 11 is 0. The molecule has 1 unspecified atom stereocenters. The van der Waals surface area contributed by atoms with Crippen LogP contribution in [0.2, 0.25) is 0 Å². The van der Waals surface area contributed by atoms with E-state index in [-0.39, 0.29) is 12.1 Å². The molecule has 26 heavy (non-hydrogen) atoms. The maximum atomic E-state index is 13.5. The summed E-state index contributed by atoms with van der Waals surface area (Å²) < 4.78 is 36.7. The van der Waals surface area contributed by atoms with Crippen LogP contribution in [0.5, 0.6) is 5.75 Å². The topological polar surface area (TPSA) is 64.6 Å². The highest BCUT2D eigenvalue weighted by atomic mass is 19.1. The summed E-state index contributed by atoms with van der Waals surface area (Å²) in [7, 11) is 1.56. The van der Waals surface area contributed by atoms with Crippen LogP contribution in [0, 0.1) is 11.6 Å². The number of hydrogen-bond acceptors (Lipinski definition) is 4. The Morgan fingerprint density at radius 1 is 1.12 bits per heavy atom. The van der Waals surface area contributed by atoms with Gasteiger partial charge in [-0.3, -0.25) is 9.59 Å². The van der Waals surface area contributed by atoms with Crippen LogP contribution in [0.15, 0.2) is 42.5 Å². The van der Waals surface area contributed by atoms with Gasteiger partial charge >= 0.3 is 5.97 Å². The minimum Gasteiger partial charge on any atom is -0.497 e. The van der Waals surface area contributed by atoms with E-state index >= 15 is 0 Å². The standard InChI is InChI=1S/C19H19F2NO4/c1-12(19(24)22-17-11-14(20)6-9-16(17)21)26-18(23)10-5-13-3-7-15(25-2)8-4-13/h3-4,6-9,11-12H,5,10H2,1-2H3,(H,22,24). The number of methoxy groups -OCH3 is 1. The third kappa shape index (κ3) is 5.54. The molecule has 0 bridgehead atoms. The molecule has 0 aromatic heterocycles. The summed E-state index contributed by atoms with van der Waals surface area (Å²) in [6.07, 6.45) is -0.616. The van der Waals surface area contributed by atoms with Crippen molar-refractivity contribution in [2.24, 2.45) is 0 Å². The van der Waals surface area contributed by atoms with Gasteiger partial charge in [-0.2, -0.15) is 0 Å². The number of anilines is 1. The van der Waals surface area contributed by atoms with Gasteiger partial charge in [-0.15, -0.1) is 0 Å². The normalized spacial score (nSPS) is 11.5. The van der Waals surface area contributed by atoms with Crippen LogP contribution in [0.1, 0.15) is 18.9 Å². The lowest BCUT2D eigenvalue weighted by molar-refractivity contribution is -0.153. The van der Waals surface area contributed by atoms with Crippen LogP contribution in [-0.4, -0.2) is 25.1 Å². The number of halogens is 2. The maximum absolute atomic E-state index is 13.5. The second-order valence-electron chi connectivity index (χ2n) is 5.59. The fourth-order valence-electron chi connectivity index (χ4n) is 2.18. The third-order valence-electron chi connectivity index (χ3n) is 3.64. The lowest BCUT2D eigenvalue weighted by Crippen LogP contribution is -2.30. The van der Waals surface area contributed by atoms with E-state index < -0.39 is 29.6 Å². The van der Waals surface area contributed by atoms with Gasteiger partial charge in [0.15, 0.2) is 6.10 Å². The van der Waals surface area contributed by atoms with Crippen LogP contribution in [0.25, 0.3) is 0 Å². The molecule has 0 saturated heterocycles. The quantitative estimate of drug-likeness (QED) is 0.765. The highest BCUT2D eigenvalue weighted by molar-refractivity contribution is 5.95. The molecule has 2 aromatic carbocycles. The highest BCUT2D eigenvalue weighted by Gasteiger charge is 2.19. The average molecular weight is 363 g/mol. The zero-order valence-corrected chi connectivity index (χ0v) is 14.4. The van der Waals surface area contributed by atoms with Crippen molar-refractivity contribution in [3.63, 3.8) is 0 Å². The molecule has 7 heteroatoms. The van der Waals surface area contributed by atoms with E-state index in [1.54, 1.807) is 19.2 Å². The zero-order valence-electron chi connectivity index (χ0n) is 14.4. The van der Waals surface area contributed by atoms with E-state index in [1.165, 1.54) is 6.92 Å². The summed E-state index contributed by atoms with van der Waals surface area (Å²) in [6, 6.07) is 9.91. The van der Waals surface area contributed by atoms with Crippen molar-refractivity contribution < 1.29 is 27.8 Å². The predicted molar refractivity (Wildman–Crippen MR) is 91.9 cm³/mol. The van der Waals surface area contributed by atoms with Crippen LogP contribution in [0.4, 0.5) is 14.5 Å². The number of hydrogen-bond donors (Lipinski definition) is 1. The molecule has 0 aliphatic carbocycles. The third-order valence-corrected chi connectivity index (χ3v) is 3.64. The number of benzene rings is 2. The number of rotatable bonds is 7. The SMILES string of the molecule is COc1ccc(CCC(=O)OC(C)C(=O)Nc2cc(F)ccc2F)cc1. The first-order chi connectivity index (χ1) is 12.4. The molecule has 0 heterocycles. The minimum atomic E-state index is -1.14. The zero-order chi connectivity index (χ0) is 19.1. The molecule has 0 spiro atoms. The molecule has 5 nitrogen and oxygen atoms in total. The van der Waals surface area contributed by atoms with E-state index in [0.29, 0.717) is 12.2 Å². The molecule has 138 valence electrons. The smallest absolute Gasteiger partial charge is 0.306 e. The van der Waals surface area contributed by atoms with Gasteiger partial charge in [-0.1, -0.05) is 12.1 Å². The second-order valence-corrected chi connectivity index (χ2v) is 5.59. The molecule has 2 rings (SSSR count). The molecule has 1 atom stereocenters. The van der Waals surface area contributed by atoms with Gasteiger partial charge in [-0.25, -0.2) is 8.78 Å². The molecule has 0 radical (unpaired) electrons. The van der Waals surface area contributed by atoms with Gasteiger partial charge < -0.3 is 14.8 Å². The average Bonchev–Trinajstić information content (AvgIpc) is 2.63. The van der Waals surface area contributed by atoms with E-state index in [4.69, 9.17) is 9.47 Å². The number of carbonyl (C=O) groups excluding carboxylic acids is 2. The molecular formula is C19H19F2NO4. The van der Waals surface area contributed by atoms with Gasteiger partial charge in [0.1, 0.15) is 17.4 Å². The van der Waals surface area contributed by atoms with Crippen LogP contribution in [0.3, 0.4) is 0 Å². The Bertz CT molecular complexity index is 778. The minimum absolute atomic E-state index is 0.0816. The first kappa shape index (κ1) is 19.4. The van der Waals surface area contributed by atoms with Crippen molar-refractivity contribution in [2.75, 3.05) is 12.4 Å². The van der Waals surface area contributed by atoms with E-state index in [2.05, 4.69) is 5.32 Å². The fourth-order valence-corrected chi connectivity index (χ4v) is 2.18.